The van der Waals surface area contributed by atoms with Crippen LogP contribution in [0.2, 0.25) is 0 Å². The summed E-state index contributed by atoms with van der Waals surface area (Å²) in [4.78, 5) is 11.3. The lowest BCUT2D eigenvalue weighted by atomic mass is 10.2. The van der Waals surface area contributed by atoms with Crippen LogP contribution >= 0.6 is 0 Å². The Hall–Kier alpha value is -2.03. The first kappa shape index (κ1) is 14.0. The van der Waals surface area contributed by atoms with Crippen LogP contribution < -0.4 is 0 Å². The van der Waals surface area contributed by atoms with Crippen molar-refractivity contribution < 1.29 is 14.3 Å². The highest BCUT2D eigenvalue weighted by molar-refractivity contribution is 5.63. The predicted molar refractivity (Wildman–Crippen MR) is 71.9 cm³/mol. The van der Waals surface area contributed by atoms with E-state index in [2.05, 4.69) is 6.58 Å². The Morgan fingerprint density at radius 2 is 1.83 bits per heavy atom. The maximum atomic E-state index is 11.3. The molecule has 0 unspecified atom stereocenters. The smallest absolute Gasteiger partial charge is 0.428 e. The lowest BCUT2D eigenvalue weighted by molar-refractivity contribution is 0.00812. The van der Waals surface area contributed by atoms with E-state index in [4.69, 9.17) is 9.47 Å². The Labute approximate surface area is 108 Å². The van der Waals surface area contributed by atoms with Crippen molar-refractivity contribution in [2.24, 2.45) is 0 Å². The molecule has 1 aromatic rings. The van der Waals surface area contributed by atoms with Gasteiger partial charge in [0.05, 0.1) is 0 Å². The summed E-state index contributed by atoms with van der Waals surface area (Å²) in [6, 6.07) is 9.67. The van der Waals surface area contributed by atoms with Gasteiger partial charge in [0.1, 0.15) is 11.4 Å². The van der Waals surface area contributed by atoms with E-state index in [0.29, 0.717) is 0 Å². The minimum Gasteiger partial charge on any atom is -0.428 e. The van der Waals surface area contributed by atoms with Crippen molar-refractivity contribution in [3.63, 3.8) is 0 Å². The second kappa shape index (κ2) is 6.05. The molecule has 3 heteroatoms. The molecule has 0 saturated carbocycles. The van der Waals surface area contributed by atoms with Crippen molar-refractivity contribution in [1.29, 1.82) is 0 Å². The molecule has 96 valence electrons. The maximum Gasteiger partial charge on any atom is 0.514 e. The van der Waals surface area contributed by atoms with Crippen molar-refractivity contribution in [1.82, 2.24) is 0 Å². The van der Waals surface area contributed by atoms with Crippen molar-refractivity contribution in [2.75, 3.05) is 0 Å². The molecule has 0 saturated heterocycles. The highest BCUT2D eigenvalue weighted by Gasteiger charge is 2.17. The van der Waals surface area contributed by atoms with Crippen LogP contribution in [0.15, 0.2) is 48.7 Å². The normalized spacial score (nSPS) is 11.3. The number of ether oxygens (including phenoxy) is 2. The minimum atomic E-state index is -0.745. The summed E-state index contributed by atoms with van der Waals surface area (Å²) >= 11 is 0. The molecule has 0 amide bonds. The summed E-state index contributed by atoms with van der Waals surface area (Å²) < 4.78 is 9.91. The van der Waals surface area contributed by atoms with Crippen LogP contribution in [0.3, 0.4) is 0 Å². The highest BCUT2D eigenvalue weighted by Crippen LogP contribution is 2.11. The maximum absolute atomic E-state index is 11.3. The summed E-state index contributed by atoms with van der Waals surface area (Å²) in [7, 11) is 0. The van der Waals surface area contributed by atoms with Gasteiger partial charge in [-0.05, 0) is 32.4 Å². The highest BCUT2D eigenvalue weighted by atomic mass is 16.7. The van der Waals surface area contributed by atoms with Gasteiger partial charge in [0.2, 0.25) is 0 Å². The molecular formula is C15H18O3. The number of benzene rings is 1. The summed E-state index contributed by atoms with van der Waals surface area (Å²) in [5.41, 5.74) is 0.437. The summed E-state index contributed by atoms with van der Waals surface area (Å²) in [5.74, 6) is 0.244. The molecule has 0 heterocycles. The van der Waals surface area contributed by atoms with Crippen LogP contribution in [0.25, 0.3) is 6.08 Å². The van der Waals surface area contributed by atoms with Crippen molar-refractivity contribution in [3.05, 3.63) is 54.3 Å². The van der Waals surface area contributed by atoms with Crippen LogP contribution in [0.5, 0.6) is 0 Å². The third kappa shape index (κ3) is 5.89. The lowest BCUT2D eigenvalue weighted by Crippen LogP contribution is -2.24. The van der Waals surface area contributed by atoms with E-state index < -0.39 is 11.8 Å². The molecule has 0 N–H and O–H groups in total. The molecule has 0 atom stereocenters. The van der Waals surface area contributed by atoms with E-state index in [1.54, 1.807) is 26.8 Å². The lowest BCUT2D eigenvalue weighted by Gasteiger charge is -2.18. The molecule has 0 aromatic heterocycles. The zero-order valence-corrected chi connectivity index (χ0v) is 11.0. The first-order valence-electron chi connectivity index (χ1n) is 5.70. The Morgan fingerprint density at radius 1 is 1.22 bits per heavy atom. The fourth-order valence-corrected chi connectivity index (χ4v) is 1.17. The topological polar surface area (TPSA) is 35.5 Å². The van der Waals surface area contributed by atoms with Gasteiger partial charge < -0.3 is 9.47 Å². The molecule has 0 fully saturated rings. The first-order valence-corrected chi connectivity index (χ1v) is 5.70. The number of carbonyl (C=O) groups is 1. The Balaban J connectivity index is 2.47. The average Bonchev–Trinajstić information content (AvgIpc) is 2.25. The van der Waals surface area contributed by atoms with Crippen LogP contribution in [0.4, 0.5) is 4.79 Å². The Kier molecular flexibility index (Phi) is 4.72. The van der Waals surface area contributed by atoms with Gasteiger partial charge in [-0.25, -0.2) is 4.79 Å². The molecule has 18 heavy (non-hydrogen) atoms. The predicted octanol–water partition coefficient (Wildman–Crippen LogP) is 4.17. The summed E-state index contributed by atoms with van der Waals surface area (Å²) in [6.07, 6.45) is 2.69. The molecule has 3 nitrogen and oxygen atoms in total. The first-order chi connectivity index (χ1) is 8.37. The summed E-state index contributed by atoms with van der Waals surface area (Å²) in [6.45, 7) is 8.95. The fraction of sp³-hybridized carbons (Fsp3) is 0.267. The van der Waals surface area contributed by atoms with E-state index in [0.717, 1.165) is 5.56 Å². The minimum absolute atomic E-state index is 0.244. The zero-order valence-electron chi connectivity index (χ0n) is 11.0. The van der Waals surface area contributed by atoms with Crippen LogP contribution in [0, 0.1) is 0 Å². The second-order valence-corrected chi connectivity index (χ2v) is 4.78. The quantitative estimate of drug-likeness (QED) is 0.456. The van der Waals surface area contributed by atoms with Gasteiger partial charge in [0, 0.05) is 0 Å². The Morgan fingerprint density at radius 3 is 2.39 bits per heavy atom. The zero-order chi connectivity index (χ0) is 13.6. The van der Waals surface area contributed by atoms with Gasteiger partial charge in [0.15, 0.2) is 0 Å². The molecule has 0 aliphatic rings. The molecule has 1 aromatic carbocycles. The summed E-state index contributed by atoms with van der Waals surface area (Å²) in [5, 5.41) is 0. The van der Waals surface area contributed by atoms with E-state index in [9.17, 15) is 4.79 Å². The number of allylic oxidation sites excluding steroid dienone is 1. The van der Waals surface area contributed by atoms with Gasteiger partial charge >= 0.3 is 6.16 Å². The second-order valence-electron chi connectivity index (χ2n) is 4.78. The molecule has 0 spiro atoms. The van der Waals surface area contributed by atoms with Gasteiger partial charge in [-0.1, -0.05) is 43.0 Å². The van der Waals surface area contributed by atoms with Gasteiger partial charge in [-0.3, -0.25) is 0 Å². The van der Waals surface area contributed by atoms with E-state index in [1.807, 2.05) is 36.4 Å². The van der Waals surface area contributed by atoms with E-state index in [-0.39, 0.29) is 5.76 Å². The third-order valence-electron chi connectivity index (χ3n) is 1.87. The largest absolute Gasteiger partial charge is 0.514 e. The number of hydrogen-bond donors (Lipinski definition) is 0. The van der Waals surface area contributed by atoms with Gasteiger partial charge in [-0.2, -0.15) is 0 Å². The molecule has 0 bridgehead atoms. The van der Waals surface area contributed by atoms with E-state index in [1.165, 1.54) is 0 Å². The van der Waals surface area contributed by atoms with Crippen molar-refractivity contribution in [2.45, 2.75) is 26.4 Å². The number of carbonyl (C=O) groups excluding carboxylic acids is 1. The van der Waals surface area contributed by atoms with Gasteiger partial charge in [-0.15, -0.1) is 0 Å². The van der Waals surface area contributed by atoms with Gasteiger partial charge in [0.25, 0.3) is 0 Å². The van der Waals surface area contributed by atoms with Crippen LogP contribution in [-0.4, -0.2) is 11.8 Å². The van der Waals surface area contributed by atoms with Crippen LogP contribution in [-0.2, 0) is 9.47 Å². The van der Waals surface area contributed by atoms with Crippen LogP contribution in [0.1, 0.15) is 26.3 Å². The average molecular weight is 246 g/mol. The molecule has 0 aliphatic heterocycles. The third-order valence-corrected chi connectivity index (χ3v) is 1.87. The SMILES string of the molecule is C=C(/C=C/c1ccccc1)OC(=O)OC(C)(C)C. The van der Waals surface area contributed by atoms with E-state index >= 15 is 0 Å². The Bertz CT molecular complexity index is 439. The molecule has 0 radical (unpaired) electrons. The standard InChI is InChI=1S/C15H18O3/c1-12(17-14(16)18-15(2,3)4)10-11-13-8-6-5-7-9-13/h5-11H,1H2,2-4H3/b11-10+. The van der Waals surface area contributed by atoms with Crippen molar-refractivity contribution >= 4 is 12.2 Å². The fourth-order valence-electron chi connectivity index (χ4n) is 1.17. The molecular weight excluding hydrogens is 228 g/mol. The van der Waals surface area contributed by atoms with Crippen molar-refractivity contribution in [3.8, 4) is 0 Å². The number of hydrogen-bond acceptors (Lipinski definition) is 3. The number of rotatable bonds is 3. The molecule has 0 aliphatic carbocycles. The monoisotopic (exact) mass is 246 g/mol. The molecule has 1 rings (SSSR count).